The van der Waals surface area contributed by atoms with Crippen LogP contribution >= 0.6 is 12.2 Å². The van der Waals surface area contributed by atoms with Crippen molar-refractivity contribution < 1.29 is 0 Å². The molecule has 0 aromatic heterocycles. The van der Waals surface area contributed by atoms with Gasteiger partial charge in [0, 0.05) is 0 Å². The molecule has 0 bridgehead atoms. The highest BCUT2D eigenvalue weighted by Crippen LogP contribution is 2.30. The van der Waals surface area contributed by atoms with E-state index in [2.05, 4.69) is 66.7 Å². The number of fused-ring (bicyclic) bond motifs is 2. The van der Waals surface area contributed by atoms with Gasteiger partial charge in [-0.1, -0.05) is 72.9 Å². The van der Waals surface area contributed by atoms with Gasteiger partial charge in [0.05, 0.1) is 4.86 Å². The zero-order valence-corrected chi connectivity index (χ0v) is 15.7. The van der Waals surface area contributed by atoms with Gasteiger partial charge in [0.15, 0.2) is 0 Å². The minimum atomic E-state index is 0.739. The molecule has 2 heteroatoms. The normalized spacial score (nSPS) is 12.6. The van der Waals surface area contributed by atoms with E-state index in [1.165, 1.54) is 38.9 Å². The Morgan fingerprint density at radius 3 is 2.38 bits per heavy atom. The summed E-state index contributed by atoms with van der Waals surface area (Å²) in [5.74, 6) is 0. The van der Waals surface area contributed by atoms with Crippen molar-refractivity contribution in [2.24, 2.45) is 5.73 Å². The predicted molar refractivity (Wildman–Crippen MR) is 113 cm³/mol. The summed E-state index contributed by atoms with van der Waals surface area (Å²) in [7, 11) is 0. The maximum Gasteiger partial charge on any atom is 0.0527 e. The van der Waals surface area contributed by atoms with Crippen molar-refractivity contribution in [3.05, 3.63) is 106 Å². The van der Waals surface area contributed by atoms with E-state index < -0.39 is 0 Å². The van der Waals surface area contributed by atoms with Crippen molar-refractivity contribution in [2.45, 2.75) is 25.7 Å². The van der Waals surface area contributed by atoms with Gasteiger partial charge >= 0.3 is 0 Å². The summed E-state index contributed by atoms with van der Waals surface area (Å²) in [5, 5.41) is 0. The molecule has 0 radical (unpaired) electrons. The maximum absolute atomic E-state index is 5.85. The van der Waals surface area contributed by atoms with Crippen LogP contribution in [0.3, 0.4) is 0 Å². The number of rotatable bonds is 5. The van der Waals surface area contributed by atoms with Crippen LogP contribution in [0.15, 0.2) is 66.7 Å². The molecule has 0 unspecified atom stereocenters. The summed E-state index contributed by atoms with van der Waals surface area (Å²) in [5.41, 5.74) is 14.8. The largest absolute Gasteiger partial charge is 0.330 e. The maximum atomic E-state index is 5.85. The molecule has 0 amide bonds. The number of hydrogen-bond acceptors (Lipinski definition) is 2. The first kappa shape index (κ1) is 17.1. The quantitative estimate of drug-likeness (QED) is 0.517. The van der Waals surface area contributed by atoms with Crippen LogP contribution < -0.4 is 5.73 Å². The Hall–Kier alpha value is -2.29. The summed E-state index contributed by atoms with van der Waals surface area (Å²) in [6, 6.07) is 24.1. The number of aryl methyl sites for hydroxylation is 1. The van der Waals surface area contributed by atoms with Crippen LogP contribution in [0, 0.1) is 0 Å². The van der Waals surface area contributed by atoms with Gasteiger partial charge in [0.2, 0.25) is 0 Å². The zero-order valence-electron chi connectivity index (χ0n) is 14.9. The zero-order chi connectivity index (χ0) is 17.9. The molecule has 2 N–H and O–H groups in total. The highest BCUT2D eigenvalue weighted by molar-refractivity contribution is 7.81. The summed E-state index contributed by atoms with van der Waals surface area (Å²) in [6.07, 6.45) is 3.98. The third-order valence-electron chi connectivity index (χ3n) is 5.13. The van der Waals surface area contributed by atoms with Crippen LogP contribution in [0.4, 0.5) is 0 Å². The highest BCUT2D eigenvalue weighted by Gasteiger charge is 2.20. The lowest BCUT2D eigenvalue weighted by molar-refractivity contribution is 0.831. The van der Waals surface area contributed by atoms with Crippen LogP contribution in [0.25, 0.3) is 0 Å². The average Bonchev–Trinajstić information content (AvgIpc) is 2.68. The first-order chi connectivity index (χ1) is 12.7. The van der Waals surface area contributed by atoms with Crippen LogP contribution in [0.2, 0.25) is 0 Å². The van der Waals surface area contributed by atoms with Crippen molar-refractivity contribution in [1.82, 2.24) is 0 Å². The van der Waals surface area contributed by atoms with Crippen LogP contribution in [-0.2, 0) is 19.3 Å². The lowest BCUT2D eigenvalue weighted by Gasteiger charge is -2.22. The van der Waals surface area contributed by atoms with E-state index in [1.807, 2.05) is 0 Å². The summed E-state index contributed by atoms with van der Waals surface area (Å²) < 4.78 is 0. The molecule has 1 nitrogen and oxygen atoms in total. The molecule has 0 saturated heterocycles. The summed E-state index contributed by atoms with van der Waals surface area (Å²) in [4.78, 5) is 0.988. The van der Waals surface area contributed by atoms with Gasteiger partial charge in [-0.2, -0.15) is 0 Å². The summed E-state index contributed by atoms with van der Waals surface area (Å²) >= 11 is 5.85. The van der Waals surface area contributed by atoms with Gasteiger partial charge in [0.1, 0.15) is 0 Å². The molecule has 0 heterocycles. The second-order valence-electron chi connectivity index (χ2n) is 7.04. The molecular weight excluding hydrogens is 334 g/mol. The van der Waals surface area contributed by atoms with E-state index in [4.69, 9.17) is 18.0 Å². The smallest absolute Gasteiger partial charge is 0.0527 e. The number of thiocarbonyl (C=S) groups is 1. The first-order valence-electron chi connectivity index (χ1n) is 9.27. The van der Waals surface area contributed by atoms with Gasteiger partial charge < -0.3 is 5.73 Å². The minimum Gasteiger partial charge on any atom is -0.330 e. The molecule has 0 atom stereocenters. The molecule has 26 heavy (non-hydrogen) atoms. The van der Waals surface area contributed by atoms with Crippen molar-refractivity contribution >= 4 is 17.1 Å². The van der Waals surface area contributed by atoms with E-state index in [0.29, 0.717) is 0 Å². The van der Waals surface area contributed by atoms with Gasteiger partial charge in [-0.05, 0) is 77.2 Å². The van der Waals surface area contributed by atoms with E-state index >= 15 is 0 Å². The van der Waals surface area contributed by atoms with Crippen molar-refractivity contribution in [1.29, 1.82) is 0 Å². The molecule has 4 rings (SSSR count). The fourth-order valence-corrected chi connectivity index (χ4v) is 4.15. The second kappa shape index (κ2) is 7.53. The summed E-state index contributed by atoms with van der Waals surface area (Å²) in [6.45, 7) is 0.739. The van der Waals surface area contributed by atoms with Gasteiger partial charge in [-0.3, -0.25) is 0 Å². The molecule has 1 aliphatic carbocycles. The molecule has 0 saturated carbocycles. The highest BCUT2D eigenvalue weighted by atomic mass is 32.1. The number of hydrogen-bond donors (Lipinski definition) is 1. The van der Waals surface area contributed by atoms with E-state index in [1.54, 1.807) is 0 Å². The van der Waals surface area contributed by atoms with Crippen molar-refractivity contribution in [3.63, 3.8) is 0 Å². The molecule has 1 aliphatic rings. The lowest BCUT2D eigenvalue weighted by Crippen LogP contribution is -2.15. The molecule has 0 fully saturated rings. The average molecular weight is 358 g/mol. The first-order valence-corrected chi connectivity index (χ1v) is 9.68. The van der Waals surface area contributed by atoms with E-state index in [-0.39, 0.29) is 0 Å². The second-order valence-corrected chi connectivity index (χ2v) is 7.45. The Bertz CT molecular complexity index is 944. The fourth-order valence-electron chi connectivity index (χ4n) is 3.76. The predicted octanol–water partition coefficient (Wildman–Crippen LogP) is 4.84. The number of nitrogens with two attached hydrogens (primary N) is 1. The van der Waals surface area contributed by atoms with E-state index in [9.17, 15) is 0 Å². The Morgan fingerprint density at radius 2 is 1.58 bits per heavy atom. The van der Waals surface area contributed by atoms with Crippen LogP contribution in [0.1, 0.15) is 45.4 Å². The molecule has 0 spiro atoms. The Labute approximate surface area is 160 Å². The third-order valence-corrected chi connectivity index (χ3v) is 5.57. The Morgan fingerprint density at radius 1 is 0.769 bits per heavy atom. The third kappa shape index (κ3) is 3.48. The fraction of sp³-hybridized carbons (Fsp3) is 0.208. The topological polar surface area (TPSA) is 26.0 Å². The molecular formula is C24H23NS. The Balaban J connectivity index is 1.62. The van der Waals surface area contributed by atoms with E-state index in [0.717, 1.165) is 37.1 Å². The van der Waals surface area contributed by atoms with Gasteiger partial charge in [-0.15, -0.1) is 0 Å². The molecule has 130 valence electrons. The van der Waals surface area contributed by atoms with Crippen molar-refractivity contribution in [2.75, 3.05) is 6.54 Å². The van der Waals surface area contributed by atoms with Crippen LogP contribution in [-0.4, -0.2) is 11.4 Å². The van der Waals surface area contributed by atoms with Crippen molar-refractivity contribution in [3.8, 4) is 0 Å². The molecule has 3 aromatic carbocycles. The van der Waals surface area contributed by atoms with Crippen LogP contribution in [0.5, 0.6) is 0 Å². The van der Waals surface area contributed by atoms with Gasteiger partial charge in [-0.25, -0.2) is 0 Å². The minimum absolute atomic E-state index is 0.739. The number of benzene rings is 3. The molecule has 3 aromatic rings. The monoisotopic (exact) mass is 357 g/mol. The van der Waals surface area contributed by atoms with Gasteiger partial charge in [0.25, 0.3) is 0 Å². The SMILES string of the molecule is NCCCc1ccc2c(c1)Cc1ccc(Cc3ccccc3)cc1C2=S. The lowest BCUT2D eigenvalue weighted by atomic mass is 9.83. The molecule has 0 aliphatic heterocycles. The standard InChI is InChI=1S/C24H23NS/c25-12-4-7-18-9-11-22-21(14-18)16-20-10-8-19(15-23(20)24(22)26)13-17-5-2-1-3-6-17/h1-3,5-6,8-11,14-15H,4,7,12-13,16,25H2. The Kier molecular flexibility index (Phi) is 4.96.